The predicted molar refractivity (Wildman–Crippen MR) is 254 cm³/mol. The van der Waals surface area contributed by atoms with Gasteiger partial charge in [0.25, 0.3) is 0 Å². The molecule has 0 aliphatic carbocycles. The van der Waals surface area contributed by atoms with Crippen LogP contribution < -0.4 is 0 Å². The van der Waals surface area contributed by atoms with Gasteiger partial charge >= 0.3 is 0 Å². The number of phenolic OH excluding ortho intramolecular Hbond substituents is 1. The molecule has 62 heavy (non-hydrogen) atoms. The third-order valence-corrected chi connectivity index (χ3v) is 11.6. The molecule has 4 nitrogen and oxygen atoms in total. The van der Waals surface area contributed by atoms with Crippen LogP contribution in [0, 0.1) is 19.9 Å². The second-order valence-corrected chi connectivity index (χ2v) is 17.4. The fourth-order valence-corrected chi connectivity index (χ4v) is 8.31. The number of benzene rings is 7. The maximum atomic E-state index is 12.3. The molecule has 2 heterocycles. The van der Waals surface area contributed by atoms with Gasteiger partial charge in [-0.05, 0) is 88.9 Å². The van der Waals surface area contributed by atoms with Crippen molar-refractivity contribution in [3.63, 3.8) is 0 Å². The number of rotatable bonds is 8. The Labute approximate surface area is 381 Å². The van der Waals surface area contributed by atoms with Crippen molar-refractivity contribution >= 4 is 11.0 Å². The van der Waals surface area contributed by atoms with Crippen molar-refractivity contribution in [1.82, 2.24) is 14.5 Å². The van der Waals surface area contributed by atoms with Crippen LogP contribution >= 0.6 is 0 Å². The van der Waals surface area contributed by atoms with Gasteiger partial charge < -0.3 is 5.11 Å². The first-order valence-corrected chi connectivity index (χ1v) is 21.0. The summed E-state index contributed by atoms with van der Waals surface area (Å²) >= 11 is 0. The zero-order valence-electron chi connectivity index (χ0n) is 37.2. The van der Waals surface area contributed by atoms with Gasteiger partial charge in [-0.1, -0.05) is 172 Å². The molecule has 9 aromatic rings. The van der Waals surface area contributed by atoms with Crippen LogP contribution in [0.5, 0.6) is 5.75 Å². The molecule has 0 fully saturated rings. The average molecular weight is 989 g/mol. The second kappa shape index (κ2) is 17.2. The van der Waals surface area contributed by atoms with Gasteiger partial charge in [-0.2, -0.15) is 0 Å². The van der Waals surface area contributed by atoms with Crippen LogP contribution in [-0.4, -0.2) is 19.6 Å². The number of fused-ring (bicyclic) bond motifs is 1. The van der Waals surface area contributed by atoms with E-state index in [2.05, 4.69) is 167 Å². The number of aromatic nitrogens is 3. The fraction of sp³-hybridized carbons (Fsp3) is 0.158. The van der Waals surface area contributed by atoms with E-state index >= 15 is 0 Å². The minimum absolute atomic E-state index is 0. The summed E-state index contributed by atoms with van der Waals surface area (Å²) in [6, 6.07) is 58.4. The van der Waals surface area contributed by atoms with Gasteiger partial charge in [0.05, 0.1) is 22.3 Å². The molecule has 0 aliphatic rings. The molecule has 0 atom stereocenters. The summed E-state index contributed by atoms with van der Waals surface area (Å²) in [6.45, 7) is 14.4. The number of hydrogen-bond donors (Lipinski definition) is 1. The van der Waals surface area contributed by atoms with E-state index in [1.165, 1.54) is 5.56 Å². The Hall–Kier alpha value is -6.35. The molecule has 0 bridgehead atoms. The molecule has 9 rings (SSSR count). The summed E-state index contributed by atoms with van der Waals surface area (Å²) in [5, 5.41) is 12.3. The number of hydrogen-bond acceptors (Lipinski definition) is 3. The maximum Gasteiger partial charge on any atom is 0.148 e. The normalized spacial score (nSPS) is 12.0. The third-order valence-electron chi connectivity index (χ3n) is 11.6. The first-order chi connectivity index (χ1) is 29.7. The summed E-state index contributed by atoms with van der Waals surface area (Å²) < 4.78 is 11.2. The topological polar surface area (TPSA) is 50.9 Å². The van der Waals surface area contributed by atoms with E-state index < -0.39 is 5.89 Å². The van der Waals surface area contributed by atoms with E-state index in [0.29, 0.717) is 11.4 Å². The molecule has 1 N–H and O–H groups in total. The number of pyridine rings is 1. The Morgan fingerprint density at radius 1 is 0.613 bits per heavy atom. The number of para-hydroxylation sites is 1. The van der Waals surface area contributed by atoms with Gasteiger partial charge in [0, 0.05) is 45.5 Å². The first-order valence-electron chi connectivity index (χ1n) is 21.5. The van der Waals surface area contributed by atoms with E-state index in [1.54, 1.807) is 0 Å². The molecule has 5 heteroatoms. The minimum atomic E-state index is -0.822. The molecular weight excluding hydrogens is 938 g/mol. The Kier molecular flexibility index (Phi) is 11.4. The Bertz CT molecular complexity index is 3110. The van der Waals surface area contributed by atoms with Gasteiger partial charge in [0.1, 0.15) is 11.6 Å². The van der Waals surface area contributed by atoms with E-state index in [9.17, 15) is 5.11 Å². The molecule has 7 aromatic carbocycles. The van der Waals surface area contributed by atoms with Crippen molar-refractivity contribution in [2.24, 2.45) is 0 Å². The van der Waals surface area contributed by atoms with Crippen LogP contribution in [0.4, 0.5) is 0 Å². The summed E-state index contributed by atoms with van der Waals surface area (Å²) in [5.74, 6) is 0.0177. The van der Waals surface area contributed by atoms with E-state index in [-0.39, 0.29) is 32.2 Å². The molecule has 0 spiro atoms. The fourth-order valence-electron chi connectivity index (χ4n) is 8.31. The van der Waals surface area contributed by atoms with Crippen LogP contribution in [0.3, 0.4) is 0 Å². The van der Waals surface area contributed by atoms with Gasteiger partial charge in [0.2, 0.25) is 0 Å². The summed E-state index contributed by atoms with van der Waals surface area (Å²) in [6.07, 6.45) is 1.87. The van der Waals surface area contributed by atoms with Crippen molar-refractivity contribution in [1.29, 1.82) is 0 Å². The number of aryl methyl sites for hydroxylation is 2. The van der Waals surface area contributed by atoms with Crippen LogP contribution in [-0.2, 0) is 26.5 Å². The molecule has 0 saturated carbocycles. The molecule has 2 aromatic heterocycles. The Morgan fingerprint density at radius 2 is 1.29 bits per heavy atom. The van der Waals surface area contributed by atoms with Gasteiger partial charge in [-0.15, -0.1) is 23.8 Å². The number of aromatic hydroxyl groups is 1. The van der Waals surface area contributed by atoms with Gasteiger partial charge in [-0.25, -0.2) is 4.98 Å². The molecule has 0 saturated heterocycles. The van der Waals surface area contributed by atoms with Gasteiger partial charge in [-0.3, -0.25) is 9.55 Å². The quantitative estimate of drug-likeness (QED) is 0.154. The zero-order chi connectivity index (χ0) is 43.3. The molecular formula is C57H50N3OPt-. The van der Waals surface area contributed by atoms with Crippen LogP contribution in [0.25, 0.3) is 83.9 Å². The van der Waals surface area contributed by atoms with Gasteiger partial charge in [0.15, 0.2) is 0 Å². The van der Waals surface area contributed by atoms with Crippen molar-refractivity contribution < 1.29 is 27.5 Å². The SMILES string of the molecule is [2H]C(C)(C)c1ccc(-n2c(-c3cc(C)cc(C(C)(C)C)c3O)nc3c(-c4[c-]c(-c5cc(-c6ccc(C)cc6)ccn5)cc(-c5ccccc5)c4)cccc32)c(-c2ccccc2)c1.[Pt]. The molecule has 0 unspecified atom stereocenters. The first kappa shape index (κ1) is 41.0. The summed E-state index contributed by atoms with van der Waals surface area (Å²) in [4.78, 5) is 10.5. The van der Waals surface area contributed by atoms with Crippen molar-refractivity contribution in [2.75, 3.05) is 0 Å². The molecule has 0 radical (unpaired) electrons. The van der Waals surface area contributed by atoms with E-state index in [4.69, 9.17) is 11.3 Å². The average Bonchev–Trinajstić information content (AvgIpc) is 3.66. The summed E-state index contributed by atoms with van der Waals surface area (Å²) in [5.41, 5.74) is 16.7. The number of nitrogens with zero attached hydrogens (tertiary/aromatic N) is 3. The molecule has 0 amide bonds. The monoisotopic (exact) mass is 988 g/mol. The summed E-state index contributed by atoms with van der Waals surface area (Å²) in [7, 11) is 0. The smallest absolute Gasteiger partial charge is 0.148 e. The third kappa shape index (κ3) is 8.20. The van der Waals surface area contributed by atoms with Crippen molar-refractivity contribution in [3.05, 3.63) is 192 Å². The van der Waals surface area contributed by atoms with Crippen molar-refractivity contribution in [3.8, 4) is 78.6 Å². The van der Waals surface area contributed by atoms with E-state index in [0.717, 1.165) is 89.2 Å². The van der Waals surface area contributed by atoms with E-state index in [1.807, 2.05) is 56.4 Å². The number of imidazole rings is 1. The standard InChI is InChI=1S/C57H50N3O.Pt/c1-36(2)42-25-26-52(48(34-42)41-17-12-9-13-18-41)60-53-20-14-19-47(54(53)59-56(60)49-29-38(4)30-50(55(49)61)57(5,6)7)45-31-44(39-15-10-8-11-16-39)32-46(33-45)51-35-43(27-28-58-51)40-23-21-37(3)22-24-40;/h8-32,34-36,61H,1-7H3;/q-1;/i36D;. The van der Waals surface area contributed by atoms with Crippen LogP contribution in [0.2, 0.25) is 0 Å². The molecule has 0 aliphatic heterocycles. The number of phenols is 1. The second-order valence-electron chi connectivity index (χ2n) is 17.4. The van der Waals surface area contributed by atoms with Crippen LogP contribution in [0.15, 0.2) is 164 Å². The Morgan fingerprint density at radius 3 is 1.98 bits per heavy atom. The molecule has 310 valence electrons. The zero-order valence-corrected chi connectivity index (χ0v) is 38.5. The van der Waals surface area contributed by atoms with Crippen LogP contribution in [0.1, 0.15) is 64.1 Å². The predicted octanol–water partition coefficient (Wildman–Crippen LogP) is 15.0. The minimum Gasteiger partial charge on any atom is -0.507 e. The largest absolute Gasteiger partial charge is 0.507 e. The van der Waals surface area contributed by atoms with Crippen molar-refractivity contribution in [2.45, 2.75) is 59.8 Å². The maximum absolute atomic E-state index is 12.3. The Balaban J connectivity index is 0.00000544.